The Morgan fingerprint density at radius 1 is 1.15 bits per heavy atom. The SMILES string of the molecule is CNC1CCCN(C(=O)C2CCCC2)c2ccccc21. The van der Waals surface area contributed by atoms with E-state index in [0.29, 0.717) is 11.9 Å². The molecule has 3 rings (SSSR count). The van der Waals surface area contributed by atoms with Crippen molar-refractivity contribution in [2.45, 2.75) is 44.6 Å². The second kappa shape index (κ2) is 5.96. The minimum Gasteiger partial charge on any atom is -0.313 e. The molecule has 1 saturated carbocycles. The summed E-state index contributed by atoms with van der Waals surface area (Å²) < 4.78 is 0. The van der Waals surface area contributed by atoms with Crippen LogP contribution in [0.4, 0.5) is 5.69 Å². The molecule has 1 aromatic rings. The van der Waals surface area contributed by atoms with Gasteiger partial charge in [-0.1, -0.05) is 31.0 Å². The number of carbonyl (C=O) groups is 1. The van der Waals surface area contributed by atoms with Crippen molar-refractivity contribution in [2.75, 3.05) is 18.5 Å². The van der Waals surface area contributed by atoms with E-state index in [1.807, 2.05) is 13.1 Å². The molecule has 0 spiro atoms. The van der Waals surface area contributed by atoms with Gasteiger partial charge in [0.05, 0.1) is 0 Å². The molecule has 1 unspecified atom stereocenters. The predicted octanol–water partition coefficient (Wildman–Crippen LogP) is 3.26. The fourth-order valence-electron chi connectivity index (χ4n) is 3.68. The van der Waals surface area contributed by atoms with Crippen LogP contribution in [0.25, 0.3) is 0 Å². The summed E-state index contributed by atoms with van der Waals surface area (Å²) in [6.07, 6.45) is 6.75. The Kier molecular flexibility index (Phi) is 4.06. The monoisotopic (exact) mass is 272 g/mol. The summed E-state index contributed by atoms with van der Waals surface area (Å²) in [5.41, 5.74) is 2.40. The van der Waals surface area contributed by atoms with Gasteiger partial charge in [-0.25, -0.2) is 0 Å². The predicted molar refractivity (Wildman–Crippen MR) is 81.8 cm³/mol. The number of para-hydroxylation sites is 1. The van der Waals surface area contributed by atoms with E-state index in [1.54, 1.807) is 0 Å². The maximum atomic E-state index is 12.8. The van der Waals surface area contributed by atoms with Gasteiger partial charge in [-0.05, 0) is 44.4 Å². The van der Waals surface area contributed by atoms with E-state index >= 15 is 0 Å². The summed E-state index contributed by atoms with van der Waals surface area (Å²) in [4.78, 5) is 14.9. The van der Waals surface area contributed by atoms with E-state index in [1.165, 1.54) is 18.4 Å². The molecular formula is C17H24N2O. The number of fused-ring (bicyclic) bond motifs is 1. The number of anilines is 1. The fourth-order valence-corrected chi connectivity index (χ4v) is 3.68. The van der Waals surface area contributed by atoms with Gasteiger partial charge in [0.15, 0.2) is 0 Å². The summed E-state index contributed by atoms with van der Waals surface area (Å²) in [5, 5.41) is 3.39. The highest BCUT2D eigenvalue weighted by molar-refractivity contribution is 5.96. The van der Waals surface area contributed by atoms with Crippen molar-refractivity contribution in [3.63, 3.8) is 0 Å². The Morgan fingerprint density at radius 3 is 2.65 bits per heavy atom. The van der Waals surface area contributed by atoms with Crippen LogP contribution in [-0.4, -0.2) is 19.5 Å². The molecule has 1 aromatic carbocycles. The minimum atomic E-state index is 0.259. The number of nitrogens with zero attached hydrogens (tertiary/aromatic N) is 1. The zero-order valence-corrected chi connectivity index (χ0v) is 12.3. The normalized spacial score (nSPS) is 23.4. The summed E-state index contributed by atoms with van der Waals surface area (Å²) in [6.45, 7) is 0.866. The lowest BCUT2D eigenvalue weighted by molar-refractivity contribution is -0.122. The third-order valence-electron chi connectivity index (χ3n) is 4.80. The third kappa shape index (κ3) is 2.47. The fraction of sp³-hybridized carbons (Fsp3) is 0.588. The van der Waals surface area contributed by atoms with Crippen molar-refractivity contribution in [1.82, 2.24) is 5.32 Å². The number of rotatable bonds is 2. The van der Waals surface area contributed by atoms with E-state index in [0.717, 1.165) is 37.9 Å². The molecule has 2 aliphatic rings. The summed E-state index contributed by atoms with van der Waals surface area (Å²) in [5.74, 6) is 0.612. The Bertz CT molecular complexity index is 480. The molecule has 1 heterocycles. The van der Waals surface area contributed by atoms with Gasteiger partial charge >= 0.3 is 0 Å². The molecule has 1 aliphatic carbocycles. The van der Waals surface area contributed by atoms with Crippen molar-refractivity contribution in [3.8, 4) is 0 Å². The van der Waals surface area contributed by atoms with Crippen LogP contribution in [0.5, 0.6) is 0 Å². The molecule has 0 radical (unpaired) electrons. The first-order chi connectivity index (χ1) is 9.81. The van der Waals surface area contributed by atoms with E-state index in [2.05, 4.69) is 28.4 Å². The van der Waals surface area contributed by atoms with Crippen molar-refractivity contribution in [3.05, 3.63) is 29.8 Å². The average Bonchev–Trinajstić information content (AvgIpc) is 2.95. The van der Waals surface area contributed by atoms with Gasteiger partial charge in [0.1, 0.15) is 0 Å². The van der Waals surface area contributed by atoms with Gasteiger partial charge in [-0.2, -0.15) is 0 Å². The van der Waals surface area contributed by atoms with Crippen LogP contribution in [0.1, 0.15) is 50.1 Å². The van der Waals surface area contributed by atoms with Gasteiger partial charge in [-0.15, -0.1) is 0 Å². The smallest absolute Gasteiger partial charge is 0.230 e. The summed E-state index contributed by atoms with van der Waals surface area (Å²) in [6, 6.07) is 8.76. The Balaban J connectivity index is 1.92. The number of nitrogens with one attached hydrogen (secondary N) is 1. The quantitative estimate of drug-likeness (QED) is 0.896. The number of benzene rings is 1. The Labute approximate surface area is 121 Å². The first-order valence-corrected chi connectivity index (χ1v) is 7.89. The third-order valence-corrected chi connectivity index (χ3v) is 4.80. The lowest BCUT2D eigenvalue weighted by atomic mass is 10.0. The molecule has 3 nitrogen and oxygen atoms in total. The van der Waals surface area contributed by atoms with Crippen LogP contribution >= 0.6 is 0 Å². The molecule has 1 fully saturated rings. The molecule has 1 amide bonds. The standard InChI is InChI=1S/C17H24N2O/c1-18-15-10-6-12-19(16-11-5-4-9-14(15)16)17(20)13-7-2-3-8-13/h4-5,9,11,13,15,18H,2-3,6-8,10,12H2,1H3. The molecule has 0 bridgehead atoms. The molecule has 20 heavy (non-hydrogen) atoms. The zero-order valence-electron chi connectivity index (χ0n) is 12.3. The van der Waals surface area contributed by atoms with Gasteiger partial charge in [0.2, 0.25) is 5.91 Å². The van der Waals surface area contributed by atoms with Crippen molar-refractivity contribution < 1.29 is 4.79 Å². The first-order valence-electron chi connectivity index (χ1n) is 7.89. The number of carbonyl (C=O) groups excluding carboxylic acids is 1. The summed E-state index contributed by atoms with van der Waals surface area (Å²) >= 11 is 0. The molecule has 0 saturated heterocycles. The molecule has 1 aliphatic heterocycles. The zero-order chi connectivity index (χ0) is 13.9. The van der Waals surface area contributed by atoms with Crippen LogP contribution < -0.4 is 10.2 Å². The van der Waals surface area contributed by atoms with Crippen molar-refractivity contribution in [1.29, 1.82) is 0 Å². The van der Waals surface area contributed by atoms with Crippen LogP contribution in [0.15, 0.2) is 24.3 Å². The highest BCUT2D eigenvalue weighted by atomic mass is 16.2. The molecule has 1 N–H and O–H groups in total. The van der Waals surface area contributed by atoms with Gasteiger partial charge < -0.3 is 10.2 Å². The lowest BCUT2D eigenvalue weighted by Crippen LogP contribution is -2.36. The first kappa shape index (κ1) is 13.6. The highest BCUT2D eigenvalue weighted by Crippen LogP contribution is 2.35. The second-order valence-corrected chi connectivity index (χ2v) is 6.01. The van der Waals surface area contributed by atoms with Crippen LogP contribution in [-0.2, 0) is 4.79 Å². The van der Waals surface area contributed by atoms with E-state index < -0.39 is 0 Å². The highest BCUT2D eigenvalue weighted by Gasteiger charge is 2.31. The Morgan fingerprint density at radius 2 is 1.90 bits per heavy atom. The van der Waals surface area contributed by atoms with Crippen LogP contribution in [0.2, 0.25) is 0 Å². The average molecular weight is 272 g/mol. The van der Waals surface area contributed by atoms with Crippen LogP contribution in [0.3, 0.4) is 0 Å². The topological polar surface area (TPSA) is 32.3 Å². The van der Waals surface area contributed by atoms with Crippen molar-refractivity contribution >= 4 is 11.6 Å². The molecule has 3 heteroatoms. The molecule has 1 atom stereocenters. The number of hydrogen-bond donors (Lipinski definition) is 1. The van der Waals surface area contributed by atoms with E-state index in [4.69, 9.17) is 0 Å². The largest absolute Gasteiger partial charge is 0.313 e. The Hall–Kier alpha value is -1.35. The molecule has 108 valence electrons. The lowest BCUT2D eigenvalue weighted by Gasteiger charge is -2.26. The molecular weight excluding hydrogens is 248 g/mol. The number of amides is 1. The minimum absolute atomic E-state index is 0.259. The van der Waals surface area contributed by atoms with Gasteiger partial charge in [0.25, 0.3) is 0 Å². The van der Waals surface area contributed by atoms with Crippen LogP contribution in [0, 0.1) is 5.92 Å². The van der Waals surface area contributed by atoms with Crippen molar-refractivity contribution in [2.24, 2.45) is 5.92 Å². The maximum absolute atomic E-state index is 12.8. The maximum Gasteiger partial charge on any atom is 0.230 e. The number of hydrogen-bond acceptors (Lipinski definition) is 2. The second-order valence-electron chi connectivity index (χ2n) is 6.01. The van der Waals surface area contributed by atoms with Gasteiger partial charge in [-0.3, -0.25) is 4.79 Å². The van der Waals surface area contributed by atoms with Gasteiger partial charge in [0, 0.05) is 24.2 Å². The summed E-state index contributed by atoms with van der Waals surface area (Å²) in [7, 11) is 2.01. The van der Waals surface area contributed by atoms with E-state index in [-0.39, 0.29) is 5.92 Å². The van der Waals surface area contributed by atoms with E-state index in [9.17, 15) is 4.79 Å². The molecule has 0 aromatic heterocycles.